The molecular weight excluding hydrogens is 266 g/mol. The summed E-state index contributed by atoms with van der Waals surface area (Å²) in [7, 11) is 0. The summed E-state index contributed by atoms with van der Waals surface area (Å²) in [5, 5.41) is 9.03. The number of primary amides is 1. The van der Waals surface area contributed by atoms with Crippen LogP contribution in [-0.4, -0.2) is 23.3 Å². The molecule has 0 heterocycles. The molecule has 1 aromatic carbocycles. The normalized spacial score (nSPS) is 11.4. The average Bonchev–Trinajstić information content (AvgIpc) is 2.49. The first-order valence-corrected chi connectivity index (χ1v) is 7.08. The molecule has 0 unspecified atom stereocenters. The van der Waals surface area contributed by atoms with Crippen molar-refractivity contribution in [2.75, 3.05) is 6.54 Å². The van der Waals surface area contributed by atoms with Gasteiger partial charge in [0.25, 0.3) is 0 Å². The van der Waals surface area contributed by atoms with E-state index < -0.39 is 5.91 Å². The molecule has 2 N–H and O–H groups in total. The van der Waals surface area contributed by atoms with Crippen LogP contribution in [0.3, 0.4) is 0 Å². The summed E-state index contributed by atoms with van der Waals surface area (Å²) < 4.78 is 0. The maximum atomic E-state index is 11.9. The lowest BCUT2D eigenvalue weighted by atomic mass is 10.0. The summed E-state index contributed by atoms with van der Waals surface area (Å²) in [4.78, 5) is 24.0. The molecule has 0 aromatic heterocycles. The molecule has 1 aromatic rings. The summed E-state index contributed by atoms with van der Waals surface area (Å²) in [6.45, 7) is 2.08. The molecule has 2 amide bonds. The van der Waals surface area contributed by atoms with Crippen LogP contribution < -0.4 is 5.73 Å². The first kappa shape index (κ1) is 16.7. The number of hydrogen-bond acceptors (Lipinski definition) is 3. The molecule has 0 saturated carbocycles. The number of hydrogen-bond donors (Lipinski definition) is 1. The summed E-state index contributed by atoms with van der Waals surface area (Å²) in [6, 6.07) is 9.93. The minimum atomic E-state index is -0.421. The summed E-state index contributed by atoms with van der Waals surface area (Å²) in [5.74, 6) is -1.02. The lowest BCUT2D eigenvalue weighted by molar-refractivity contribution is -0.128. The average molecular weight is 287 g/mol. The van der Waals surface area contributed by atoms with Crippen LogP contribution in [0.15, 0.2) is 30.3 Å². The molecule has 5 nitrogen and oxygen atoms in total. The van der Waals surface area contributed by atoms with Crippen molar-refractivity contribution in [3.8, 4) is 6.19 Å². The zero-order valence-electron chi connectivity index (χ0n) is 12.3. The molecule has 0 aliphatic carbocycles. The topological polar surface area (TPSA) is 87.2 Å². The molecule has 21 heavy (non-hydrogen) atoms. The van der Waals surface area contributed by atoms with Crippen LogP contribution in [0, 0.1) is 17.4 Å². The van der Waals surface area contributed by atoms with Crippen molar-refractivity contribution in [1.82, 2.24) is 4.90 Å². The van der Waals surface area contributed by atoms with E-state index in [1.807, 2.05) is 36.5 Å². The largest absolute Gasteiger partial charge is 0.369 e. The highest BCUT2D eigenvalue weighted by atomic mass is 16.2. The number of aryl methyl sites for hydroxylation is 1. The van der Waals surface area contributed by atoms with Crippen LogP contribution in [0.5, 0.6) is 0 Å². The first-order valence-electron chi connectivity index (χ1n) is 7.08. The fraction of sp³-hybridized carbons (Fsp3) is 0.438. The lowest BCUT2D eigenvalue weighted by Gasteiger charge is -2.14. The van der Waals surface area contributed by atoms with Crippen molar-refractivity contribution in [3.05, 3.63) is 35.9 Å². The quantitative estimate of drug-likeness (QED) is 0.584. The molecule has 1 rings (SSSR count). The Morgan fingerprint density at radius 2 is 2.00 bits per heavy atom. The third-order valence-corrected chi connectivity index (χ3v) is 3.39. The third-order valence-electron chi connectivity index (χ3n) is 3.39. The van der Waals surface area contributed by atoms with Gasteiger partial charge in [0.15, 0.2) is 6.19 Å². The van der Waals surface area contributed by atoms with Gasteiger partial charge >= 0.3 is 0 Å². The molecule has 0 aliphatic rings. The standard InChI is InChI=1S/C16H21N3O2/c1-13(16(18)21)9-10-15(20)19(12-17)11-5-8-14-6-3-2-4-7-14/h2-4,6-7,13H,5,8-11H2,1H3,(H2,18,21)/t13-/m0/s1. The van der Waals surface area contributed by atoms with Gasteiger partial charge in [-0.15, -0.1) is 0 Å². The van der Waals surface area contributed by atoms with Gasteiger partial charge in [0.1, 0.15) is 0 Å². The van der Waals surface area contributed by atoms with Gasteiger partial charge < -0.3 is 5.73 Å². The van der Waals surface area contributed by atoms with Crippen molar-refractivity contribution >= 4 is 11.8 Å². The third kappa shape index (κ3) is 6.09. The van der Waals surface area contributed by atoms with Gasteiger partial charge in [0.05, 0.1) is 0 Å². The predicted octanol–water partition coefficient (Wildman–Crippen LogP) is 1.83. The molecule has 112 valence electrons. The molecule has 0 saturated heterocycles. The summed E-state index contributed by atoms with van der Waals surface area (Å²) in [6.07, 6.45) is 4.01. The molecule has 0 fully saturated rings. The second kappa shape index (κ2) is 8.75. The van der Waals surface area contributed by atoms with Gasteiger partial charge in [0.2, 0.25) is 11.8 Å². The smallest absolute Gasteiger partial charge is 0.235 e. The minimum absolute atomic E-state index is 0.170. The first-order chi connectivity index (χ1) is 10.0. The van der Waals surface area contributed by atoms with Gasteiger partial charge in [-0.1, -0.05) is 37.3 Å². The Morgan fingerprint density at radius 1 is 1.33 bits per heavy atom. The highest BCUT2D eigenvalue weighted by molar-refractivity contribution is 5.80. The Bertz CT molecular complexity index is 508. The Balaban J connectivity index is 2.35. The van der Waals surface area contributed by atoms with E-state index in [0.717, 1.165) is 17.7 Å². The fourth-order valence-corrected chi connectivity index (χ4v) is 1.93. The van der Waals surface area contributed by atoms with Crippen LogP contribution in [0.25, 0.3) is 0 Å². The molecule has 0 bridgehead atoms. The Kier molecular flexibility index (Phi) is 6.96. The van der Waals surface area contributed by atoms with Crippen molar-refractivity contribution in [1.29, 1.82) is 5.26 Å². The van der Waals surface area contributed by atoms with E-state index >= 15 is 0 Å². The van der Waals surface area contributed by atoms with E-state index in [1.165, 1.54) is 5.56 Å². The van der Waals surface area contributed by atoms with Gasteiger partial charge in [-0.25, -0.2) is 4.90 Å². The SMILES string of the molecule is C[C@@H](CCC(=O)N(C#N)CCCc1ccccc1)C(N)=O. The molecular formula is C16H21N3O2. The van der Waals surface area contributed by atoms with E-state index in [1.54, 1.807) is 6.92 Å². The maximum Gasteiger partial charge on any atom is 0.235 e. The summed E-state index contributed by atoms with van der Waals surface area (Å²) >= 11 is 0. The van der Waals surface area contributed by atoms with E-state index in [9.17, 15) is 9.59 Å². The minimum Gasteiger partial charge on any atom is -0.369 e. The number of carbonyl (C=O) groups excluding carboxylic acids is 2. The molecule has 0 spiro atoms. The fourth-order valence-electron chi connectivity index (χ4n) is 1.93. The molecule has 0 radical (unpaired) electrons. The van der Waals surface area contributed by atoms with E-state index in [0.29, 0.717) is 13.0 Å². The summed E-state index contributed by atoms with van der Waals surface area (Å²) in [5.41, 5.74) is 6.33. The lowest BCUT2D eigenvalue weighted by Crippen LogP contribution is -2.29. The zero-order chi connectivity index (χ0) is 15.7. The van der Waals surface area contributed by atoms with Crippen LogP contribution in [0.2, 0.25) is 0 Å². The number of carbonyl (C=O) groups is 2. The Morgan fingerprint density at radius 3 is 2.57 bits per heavy atom. The number of amides is 2. The highest BCUT2D eigenvalue weighted by Gasteiger charge is 2.16. The molecule has 0 aliphatic heterocycles. The number of nitrogens with two attached hydrogens (primary N) is 1. The van der Waals surface area contributed by atoms with Crippen molar-refractivity contribution in [3.63, 3.8) is 0 Å². The highest BCUT2D eigenvalue weighted by Crippen LogP contribution is 2.08. The van der Waals surface area contributed by atoms with Gasteiger partial charge in [-0.3, -0.25) is 9.59 Å². The Hall–Kier alpha value is -2.35. The van der Waals surface area contributed by atoms with Gasteiger partial charge in [-0.05, 0) is 24.8 Å². The van der Waals surface area contributed by atoms with Crippen molar-refractivity contribution in [2.24, 2.45) is 11.7 Å². The number of rotatable bonds is 8. The van der Waals surface area contributed by atoms with Gasteiger partial charge in [0, 0.05) is 18.9 Å². The van der Waals surface area contributed by atoms with E-state index in [-0.39, 0.29) is 18.2 Å². The maximum absolute atomic E-state index is 11.9. The van der Waals surface area contributed by atoms with Crippen molar-refractivity contribution in [2.45, 2.75) is 32.6 Å². The van der Waals surface area contributed by atoms with Crippen LogP contribution >= 0.6 is 0 Å². The number of benzene rings is 1. The molecule has 5 heteroatoms. The van der Waals surface area contributed by atoms with Crippen molar-refractivity contribution < 1.29 is 9.59 Å². The number of nitriles is 1. The van der Waals surface area contributed by atoms with E-state index in [4.69, 9.17) is 11.0 Å². The van der Waals surface area contributed by atoms with E-state index in [2.05, 4.69) is 0 Å². The van der Waals surface area contributed by atoms with Crippen LogP contribution in [-0.2, 0) is 16.0 Å². The van der Waals surface area contributed by atoms with Gasteiger partial charge in [-0.2, -0.15) is 5.26 Å². The zero-order valence-corrected chi connectivity index (χ0v) is 12.3. The van der Waals surface area contributed by atoms with Crippen LogP contribution in [0.1, 0.15) is 31.7 Å². The second-order valence-electron chi connectivity index (χ2n) is 5.08. The van der Waals surface area contributed by atoms with Crippen LogP contribution in [0.4, 0.5) is 0 Å². The number of nitrogens with zero attached hydrogens (tertiary/aromatic N) is 2. The Labute approximate surface area is 125 Å². The predicted molar refractivity (Wildman–Crippen MR) is 79.7 cm³/mol. The monoisotopic (exact) mass is 287 g/mol. The second-order valence-corrected chi connectivity index (χ2v) is 5.08. The molecule has 1 atom stereocenters.